The van der Waals surface area contributed by atoms with Gasteiger partial charge in [0.1, 0.15) is 37.9 Å². The number of thiol groups is 2. The molecule has 0 spiro atoms. The molecule has 1 N–H and O–H groups in total. The predicted octanol–water partition coefficient (Wildman–Crippen LogP) is 17.0. The number of carbonyl (C=O) groups excluding carboxylic acids is 4. The summed E-state index contributed by atoms with van der Waals surface area (Å²) >= 11 is 9.91. The summed E-state index contributed by atoms with van der Waals surface area (Å²) in [4.78, 5) is 73.6. The van der Waals surface area contributed by atoms with Crippen LogP contribution in [0.2, 0.25) is 0 Å². The molecule has 0 bridgehead atoms. The Bertz CT molecular complexity index is 6260. The average Bonchev–Trinajstić information content (AvgIpc) is 1.65. The Labute approximate surface area is 820 Å². The highest BCUT2D eigenvalue weighted by Gasteiger charge is 2.43. The highest BCUT2D eigenvalue weighted by Crippen LogP contribution is 2.47. The summed E-state index contributed by atoms with van der Waals surface area (Å²) in [5, 5.41) is 3.55. The number of aryl methyl sites for hydroxylation is 4. The van der Waals surface area contributed by atoms with E-state index in [1.165, 1.54) is 16.7 Å². The Hall–Kier alpha value is -12.0. The topological polar surface area (TPSA) is 274 Å². The molecule has 726 valence electrons. The molecule has 18 rings (SSSR count). The van der Waals surface area contributed by atoms with Crippen LogP contribution in [0.5, 0.6) is 34.5 Å². The lowest BCUT2D eigenvalue weighted by atomic mass is 9.98. The van der Waals surface area contributed by atoms with E-state index in [9.17, 15) is 19.2 Å². The fourth-order valence-electron chi connectivity index (χ4n) is 19.7. The molecule has 8 aliphatic rings. The van der Waals surface area contributed by atoms with Crippen LogP contribution < -0.4 is 63.1 Å². The third-order valence-corrected chi connectivity index (χ3v) is 26.3. The highest BCUT2D eigenvalue weighted by atomic mass is 32.2. The first-order chi connectivity index (χ1) is 66.7. The molecule has 0 saturated heterocycles. The number of nitrogens with one attached hydrogen (secondary N) is 1. The second-order valence-electron chi connectivity index (χ2n) is 37.2. The maximum absolute atomic E-state index is 14.1. The van der Waals surface area contributed by atoms with E-state index < -0.39 is 10.6 Å². The van der Waals surface area contributed by atoms with Gasteiger partial charge in [0.25, 0.3) is 23.6 Å². The number of aliphatic imine (C=N–C) groups is 1. The molecule has 0 unspecified atom stereocenters. The van der Waals surface area contributed by atoms with E-state index in [1.54, 1.807) is 46.6 Å². The Morgan fingerprint density at radius 3 is 1.19 bits per heavy atom. The quantitative estimate of drug-likeness (QED) is 0.0240. The summed E-state index contributed by atoms with van der Waals surface area (Å²) < 4.78 is 96.5. The molecule has 0 aromatic heterocycles. The van der Waals surface area contributed by atoms with E-state index in [0.717, 1.165) is 152 Å². The third kappa shape index (κ3) is 23.6. The van der Waals surface area contributed by atoms with Crippen LogP contribution in [0.3, 0.4) is 0 Å². The van der Waals surface area contributed by atoms with Crippen molar-refractivity contribution in [3.63, 3.8) is 0 Å². The molecule has 0 saturated carbocycles. The van der Waals surface area contributed by atoms with Gasteiger partial charge in [-0.1, -0.05) is 72.8 Å². The van der Waals surface area contributed by atoms with E-state index >= 15 is 0 Å². The van der Waals surface area contributed by atoms with Gasteiger partial charge in [0.2, 0.25) is 0 Å². The Morgan fingerprint density at radius 2 is 0.761 bits per heavy atom. The van der Waals surface area contributed by atoms with E-state index in [4.69, 9.17) is 99.7 Å². The molecular formula is C108H122N8O19S3. The maximum atomic E-state index is 14.1. The number of carbonyl (C=O) groups is 4. The van der Waals surface area contributed by atoms with Gasteiger partial charge < -0.3 is 86.7 Å². The van der Waals surface area contributed by atoms with Crippen LogP contribution >= 0.6 is 25.3 Å². The largest absolute Gasteiger partial charge is 0.493 e. The van der Waals surface area contributed by atoms with Gasteiger partial charge in [0.15, 0.2) is 23.0 Å². The van der Waals surface area contributed by atoms with Gasteiger partial charge >= 0.3 is 10.6 Å². The molecule has 8 heterocycles. The van der Waals surface area contributed by atoms with Crippen LogP contribution in [0.25, 0.3) is 0 Å². The lowest BCUT2D eigenvalue weighted by Gasteiger charge is -2.32. The molecule has 30 heteroatoms. The molecular weight excluding hydrogens is 1810 g/mol. The number of fused-ring (bicyclic) bond motifs is 16. The van der Waals surface area contributed by atoms with Crippen LogP contribution in [-0.4, -0.2) is 203 Å². The second-order valence-corrected chi connectivity index (χ2v) is 40.0. The monoisotopic (exact) mass is 1930 g/mol. The van der Waals surface area contributed by atoms with Crippen LogP contribution in [0.15, 0.2) is 187 Å². The normalized spacial score (nSPS) is 16.7. The van der Waals surface area contributed by atoms with Crippen LogP contribution in [-0.2, 0) is 104 Å². The summed E-state index contributed by atoms with van der Waals surface area (Å²) in [6.07, 6.45) is 8.47. The van der Waals surface area contributed by atoms with E-state index in [-0.39, 0.29) is 77.1 Å². The van der Waals surface area contributed by atoms with E-state index in [0.29, 0.717) is 157 Å². The molecule has 138 heavy (non-hydrogen) atoms. The minimum atomic E-state index is -3.11. The maximum Gasteiger partial charge on any atom is 0.425 e. The van der Waals surface area contributed by atoms with Gasteiger partial charge in [-0.15, -0.1) is 12.6 Å². The first kappa shape index (κ1) is 99.1. The lowest BCUT2D eigenvalue weighted by molar-refractivity contribution is 0.0264. The minimum Gasteiger partial charge on any atom is -0.493 e. The number of methoxy groups -OCH3 is 4. The number of amides is 4. The van der Waals surface area contributed by atoms with Crippen molar-refractivity contribution in [2.75, 3.05) is 162 Å². The van der Waals surface area contributed by atoms with Crippen LogP contribution in [0.1, 0.15) is 149 Å². The van der Waals surface area contributed by atoms with Gasteiger partial charge in [-0.3, -0.25) is 29.1 Å². The van der Waals surface area contributed by atoms with Crippen LogP contribution in [0, 0.1) is 13.8 Å². The highest BCUT2D eigenvalue weighted by molar-refractivity contribution is 7.82. The van der Waals surface area contributed by atoms with Crippen LogP contribution in [0.4, 0.5) is 45.5 Å². The van der Waals surface area contributed by atoms with Gasteiger partial charge in [-0.25, -0.2) is 0 Å². The number of para-hydroxylation sites is 4. The second kappa shape index (κ2) is 44.9. The summed E-state index contributed by atoms with van der Waals surface area (Å²) in [6, 6.07) is 60.9. The number of hydrogen-bond donors (Lipinski definition) is 3. The van der Waals surface area contributed by atoms with Crippen molar-refractivity contribution in [3.8, 4) is 34.5 Å². The number of hydrogen-bond acceptors (Lipinski definition) is 25. The van der Waals surface area contributed by atoms with Crippen molar-refractivity contribution in [1.29, 1.82) is 0 Å². The molecule has 0 fully saturated rings. The molecule has 10 aromatic carbocycles. The fourth-order valence-corrected chi connectivity index (χ4v) is 20.0. The SMILES string of the molecule is COCCOCCOCCN(CC(C)(C)S)c1cc(COc2cc3c(cc2C)C(=O)N2c4ccccc4C[C@H]2CC3)cc(COc2cc3c(cc2OC)C(=O)N2c4ccccc4C[C@H]2C=N3)c1.COCCOCCOCCN(CC(C)(C)S)c1cc(COc2cc3c(cc2C)C(=O)N2c4ccccc4C[C@H]2CC3)cc(COc2cc3c(cc2OC)C(=O)N2c4ccccc4C[C@H]2CN3)c1.O=S(=O)=O. The zero-order valence-electron chi connectivity index (χ0n) is 80.0. The third-order valence-electron chi connectivity index (χ3n) is 26.0. The van der Waals surface area contributed by atoms with Gasteiger partial charge in [-0.05, 0) is 250 Å². The Kier molecular flexibility index (Phi) is 32.2. The zero-order chi connectivity index (χ0) is 96.9. The van der Waals surface area contributed by atoms with Crippen molar-refractivity contribution < 1.29 is 88.6 Å². The zero-order valence-corrected chi connectivity index (χ0v) is 82.6. The molecule has 4 amide bonds. The van der Waals surface area contributed by atoms with Gasteiger partial charge in [0.05, 0.1) is 115 Å². The van der Waals surface area contributed by atoms with Crippen molar-refractivity contribution in [1.82, 2.24) is 0 Å². The Morgan fingerprint density at radius 1 is 0.399 bits per heavy atom. The number of nitrogens with zero attached hydrogens (tertiary/aromatic N) is 7. The smallest absolute Gasteiger partial charge is 0.425 e. The minimum absolute atomic E-state index is 0.00815. The summed E-state index contributed by atoms with van der Waals surface area (Å²) in [5.74, 6) is 3.36. The number of rotatable bonds is 38. The standard InChI is InChI=1S/C54H62N4O8S.C54H60N4O8S.O3S/c2*1-35-22-44-38(14-15-41-26-39-10-6-8-12-47(39)57(41)52(44)59)28-49(35)65-32-36-23-37(25-42(24-36)56(34-54(2,3)67)16-17-63-20-21-64-19-18-61-4)33-66-51-30-46-45(29-50(51)62-5)53(60)58-43(31-55-46)27-40-11-7-9-13-48(40)58;1-4(2)3/h6-13,22-25,28-30,41,43,55,67H,14-21,26-27,31-34H2,1-5H3;6-13,22-25,28-31,41,43,67H,14-21,26-27,32-34H2,1-5H3;/t2*41-,43+;/m11./s1. The number of benzene rings is 10. The summed E-state index contributed by atoms with van der Waals surface area (Å²) in [7, 11) is 3.38. The molecule has 27 nitrogen and oxygen atoms in total. The Balaban J connectivity index is 0.000000192. The fraction of sp³-hybridized carbons (Fsp3) is 0.398. The first-order valence-electron chi connectivity index (χ1n) is 47.1. The van der Waals surface area contributed by atoms with Gasteiger partial charge in [-0.2, -0.15) is 25.3 Å². The molecule has 0 aliphatic carbocycles. The van der Waals surface area contributed by atoms with E-state index in [1.807, 2.05) is 112 Å². The summed E-state index contributed by atoms with van der Waals surface area (Å²) in [6.45, 7) is 21.6. The molecule has 8 aliphatic heterocycles. The van der Waals surface area contributed by atoms with E-state index in [2.05, 4.69) is 134 Å². The van der Waals surface area contributed by atoms with Crippen molar-refractivity contribution >= 4 is 111 Å². The molecule has 4 atom stereocenters. The van der Waals surface area contributed by atoms with Gasteiger partial charge in [0, 0.05) is 139 Å². The summed E-state index contributed by atoms with van der Waals surface area (Å²) in [5.41, 5.74) is 21.9. The average molecular weight is 1930 g/mol. The molecule has 10 aromatic rings. The van der Waals surface area contributed by atoms with Crippen molar-refractivity contribution in [3.05, 3.63) is 271 Å². The predicted molar refractivity (Wildman–Crippen MR) is 542 cm³/mol. The first-order valence-corrected chi connectivity index (χ1v) is 49.0. The van der Waals surface area contributed by atoms with Crippen molar-refractivity contribution in [2.24, 2.45) is 4.99 Å². The lowest BCUT2D eigenvalue weighted by Crippen LogP contribution is -2.39. The van der Waals surface area contributed by atoms with Crippen molar-refractivity contribution in [2.45, 2.75) is 153 Å². The number of anilines is 7. The molecule has 0 radical (unpaired) electrons. The number of ether oxygens (including phenoxy) is 12.